The fourth-order valence-electron chi connectivity index (χ4n) is 0.623. The summed E-state index contributed by atoms with van der Waals surface area (Å²) in [5, 5.41) is 0. The van der Waals surface area contributed by atoms with E-state index in [1.165, 1.54) is 6.08 Å². The first-order valence-electron chi connectivity index (χ1n) is 2.82. The van der Waals surface area contributed by atoms with Crippen LogP contribution in [0.1, 0.15) is 5.69 Å². The van der Waals surface area contributed by atoms with Crippen LogP contribution in [0.25, 0.3) is 0 Å². The third kappa shape index (κ3) is 1.68. The van der Waals surface area contributed by atoms with Crippen molar-refractivity contribution in [3.63, 3.8) is 0 Å². The van der Waals surface area contributed by atoms with Gasteiger partial charge in [0, 0.05) is 18.3 Å². The lowest BCUT2D eigenvalue weighted by Gasteiger charge is -1.89. The van der Waals surface area contributed by atoms with Crippen LogP contribution in [-0.2, 0) is 6.42 Å². The van der Waals surface area contributed by atoms with Gasteiger partial charge in [0.1, 0.15) is 0 Å². The third-order valence-electron chi connectivity index (χ3n) is 1.04. The van der Waals surface area contributed by atoms with Gasteiger partial charge in [0.05, 0.1) is 0 Å². The molecule has 1 aromatic heterocycles. The Bertz CT molecular complexity index is 179. The Balaban J connectivity index is 2.72. The minimum Gasteiger partial charge on any atom is -0.261 e. The molecule has 0 N–H and O–H groups in total. The van der Waals surface area contributed by atoms with Crippen molar-refractivity contribution in [3.05, 3.63) is 42.7 Å². The molecule has 2 radical (unpaired) electrons. The van der Waals surface area contributed by atoms with Gasteiger partial charge in [-0.3, -0.25) is 4.98 Å². The van der Waals surface area contributed by atoms with E-state index in [1.807, 2.05) is 18.2 Å². The first-order chi connectivity index (χ1) is 4.43. The van der Waals surface area contributed by atoms with Crippen LogP contribution in [0.3, 0.4) is 0 Å². The van der Waals surface area contributed by atoms with Gasteiger partial charge in [0.2, 0.25) is 0 Å². The number of rotatable bonds is 2. The quantitative estimate of drug-likeness (QED) is 0.572. The fraction of sp³-hybridized carbons (Fsp3) is 0.125. The molecular formula is C8H7N. The number of aromatic nitrogens is 1. The molecule has 1 heterocycles. The molecule has 0 aliphatic carbocycles. The zero-order chi connectivity index (χ0) is 6.53. The van der Waals surface area contributed by atoms with E-state index in [9.17, 15) is 0 Å². The zero-order valence-corrected chi connectivity index (χ0v) is 5.04. The molecule has 0 amide bonds. The van der Waals surface area contributed by atoms with E-state index in [0.29, 0.717) is 6.42 Å². The van der Waals surface area contributed by atoms with Crippen LogP contribution in [0.2, 0.25) is 0 Å². The number of pyridine rings is 1. The molecule has 1 rings (SSSR count). The van der Waals surface area contributed by atoms with Crippen LogP contribution in [0, 0.1) is 6.58 Å². The maximum atomic E-state index is 6.78. The maximum Gasteiger partial charge on any atom is 0.0441 e. The van der Waals surface area contributed by atoms with Crippen molar-refractivity contribution < 1.29 is 0 Å². The highest BCUT2D eigenvalue weighted by molar-refractivity contribution is 5.05. The second kappa shape index (κ2) is 3.02. The van der Waals surface area contributed by atoms with E-state index < -0.39 is 0 Å². The second-order valence-electron chi connectivity index (χ2n) is 1.73. The summed E-state index contributed by atoms with van der Waals surface area (Å²) in [6.07, 6.45) is 3.72. The van der Waals surface area contributed by atoms with Gasteiger partial charge in [-0.1, -0.05) is 12.1 Å². The van der Waals surface area contributed by atoms with Gasteiger partial charge in [-0.05, 0) is 18.7 Å². The van der Waals surface area contributed by atoms with Gasteiger partial charge in [-0.15, -0.1) is 0 Å². The van der Waals surface area contributed by atoms with Crippen molar-refractivity contribution in [1.82, 2.24) is 4.98 Å². The van der Waals surface area contributed by atoms with Crippen molar-refractivity contribution in [1.29, 1.82) is 0 Å². The van der Waals surface area contributed by atoms with Crippen LogP contribution in [0.5, 0.6) is 0 Å². The van der Waals surface area contributed by atoms with E-state index in [4.69, 9.17) is 6.58 Å². The smallest absolute Gasteiger partial charge is 0.0441 e. The first-order valence-corrected chi connectivity index (χ1v) is 2.82. The lowest BCUT2D eigenvalue weighted by atomic mass is 10.3. The molecule has 0 spiro atoms. The normalized spacial score (nSPS) is 8.89. The Kier molecular flexibility index (Phi) is 2.02. The molecule has 1 nitrogen and oxygen atoms in total. The minimum atomic E-state index is 0.640. The summed E-state index contributed by atoms with van der Waals surface area (Å²) in [5.74, 6) is 0. The average molecular weight is 117 g/mol. The Morgan fingerprint density at radius 1 is 1.56 bits per heavy atom. The molecule has 0 bridgehead atoms. The fourth-order valence-corrected chi connectivity index (χ4v) is 0.623. The summed E-state index contributed by atoms with van der Waals surface area (Å²) < 4.78 is 0. The summed E-state index contributed by atoms with van der Waals surface area (Å²) in [6, 6.07) is 5.70. The van der Waals surface area contributed by atoms with Crippen molar-refractivity contribution in [2.75, 3.05) is 0 Å². The topological polar surface area (TPSA) is 12.9 Å². The molecule has 0 saturated carbocycles. The number of hydrogen-bond acceptors (Lipinski definition) is 1. The molecule has 0 atom stereocenters. The highest BCUT2D eigenvalue weighted by Gasteiger charge is 1.84. The van der Waals surface area contributed by atoms with Crippen molar-refractivity contribution in [3.8, 4) is 0 Å². The van der Waals surface area contributed by atoms with Gasteiger partial charge in [-0.2, -0.15) is 0 Å². The number of nitrogens with zero attached hydrogens (tertiary/aromatic N) is 1. The van der Waals surface area contributed by atoms with Crippen molar-refractivity contribution >= 4 is 0 Å². The van der Waals surface area contributed by atoms with Crippen molar-refractivity contribution in [2.24, 2.45) is 0 Å². The molecule has 0 aromatic carbocycles. The molecular weight excluding hydrogens is 110 g/mol. The van der Waals surface area contributed by atoms with Gasteiger partial charge >= 0.3 is 0 Å². The molecule has 0 aliphatic rings. The van der Waals surface area contributed by atoms with E-state index in [1.54, 1.807) is 6.20 Å². The van der Waals surface area contributed by atoms with Gasteiger partial charge in [0.15, 0.2) is 0 Å². The summed E-state index contributed by atoms with van der Waals surface area (Å²) in [5.41, 5.74) is 0.951. The van der Waals surface area contributed by atoms with Crippen LogP contribution in [0.4, 0.5) is 0 Å². The number of allylic oxidation sites excluding steroid dienone is 1. The Hall–Kier alpha value is -1.11. The average Bonchev–Trinajstić information content (AvgIpc) is 1.91. The Morgan fingerprint density at radius 2 is 2.44 bits per heavy atom. The van der Waals surface area contributed by atoms with Crippen molar-refractivity contribution in [2.45, 2.75) is 6.42 Å². The lowest BCUT2D eigenvalue weighted by molar-refractivity contribution is 1.11. The monoisotopic (exact) mass is 117 g/mol. The maximum absolute atomic E-state index is 6.78. The molecule has 1 heteroatoms. The van der Waals surface area contributed by atoms with Gasteiger partial charge < -0.3 is 0 Å². The highest BCUT2D eigenvalue weighted by Crippen LogP contribution is 1.93. The van der Waals surface area contributed by atoms with E-state index in [0.717, 1.165) is 5.69 Å². The molecule has 0 fully saturated rings. The Morgan fingerprint density at radius 3 is 3.00 bits per heavy atom. The molecule has 44 valence electrons. The summed E-state index contributed by atoms with van der Waals surface area (Å²) in [6.45, 7) is 6.78. The SMILES string of the molecule is [C]=CCc1ccccn1. The summed E-state index contributed by atoms with van der Waals surface area (Å²) in [4.78, 5) is 4.02. The van der Waals surface area contributed by atoms with E-state index in [2.05, 4.69) is 4.98 Å². The standard InChI is InChI=1S/C8H7N/c1-2-5-8-6-3-4-7-9-8/h2-4,6-7H,5H2. The summed E-state index contributed by atoms with van der Waals surface area (Å²) in [7, 11) is 0. The molecule has 0 aliphatic heterocycles. The zero-order valence-electron chi connectivity index (χ0n) is 5.04. The third-order valence-corrected chi connectivity index (χ3v) is 1.04. The number of hydrogen-bond donors (Lipinski definition) is 0. The first kappa shape index (κ1) is 6.02. The molecule has 9 heavy (non-hydrogen) atoms. The molecule has 0 saturated heterocycles. The molecule has 1 aromatic rings. The minimum absolute atomic E-state index is 0.640. The van der Waals surface area contributed by atoms with E-state index >= 15 is 0 Å². The van der Waals surface area contributed by atoms with Gasteiger partial charge in [-0.25, -0.2) is 0 Å². The predicted octanol–water partition coefficient (Wildman–Crippen LogP) is 1.49. The van der Waals surface area contributed by atoms with Crippen LogP contribution < -0.4 is 0 Å². The van der Waals surface area contributed by atoms with Crippen LogP contribution in [0.15, 0.2) is 30.5 Å². The van der Waals surface area contributed by atoms with Gasteiger partial charge in [0.25, 0.3) is 0 Å². The Labute approximate surface area is 55.1 Å². The largest absolute Gasteiger partial charge is 0.261 e. The summed E-state index contributed by atoms with van der Waals surface area (Å²) >= 11 is 0. The highest BCUT2D eigenvalue weighted by atomic mass is 14.7. The second-order valence-corrected chi connectivity index (χ2v) is 1.73. The van der Waals surface area contributed by atoms with Crippen LogP contribution in [-0.4, -0.2) is 4.98 Å². The van der Waals surface area contributed by atoms with E-state index in [-0.39, 0.29) is 0 Å². The lowest BCUT2D eigenvalue weighted by Crippen LogP contribution is -1.82. The predicted molar refractivity (Wildman–Crippen MR) is 35.8 cm³/mol. The molecule has 0 unspecified atom stereocenters. The van der Waals surface area contributed by atoms with Crippen LogP contribution >= 0.6 is 0 Å².